The average Bonchev–Trinajstić information content (AvgIpc) is 2.89. The highest BCUT2D eigenvalue weighted by Crippen LogP contribution is 2.41. The van der Waals surface area contributed by atoms with Crippen LogP contribution in [0.5, 0.6) is 0 Å². The monoisotopic (exact) mass is 312 g/mol. The van der Waals surface area contributed by atoms with E-state index < -0.39 is 0 Å². The molecule has 114 valence electrons. The maximum absolute atomic E-state index is 12.3. The van der Waals surface area contributed by atoms with E-state index in [1.807, 2.05) is 35.4 Å². The second kappa shape index (κ2) is 5.76. The van der Waals surface area contributed by atoms with Crippen LogP contribution < -0.4 is 4.90 Å². The lowest BCUT2D eigenvalue weighted by Crippen LogP contribution is -2.28. The SMILES string of the molecule is CC(C)(C)c1ccc(N2C(=O)CS[C@H]2c2cccnc2)cc1. The molecule has 0 bridgehead atoms. The van der Waals surface area contributed by atoms with Gasteiger partial charge in [-0.25, -0.2) is 0 Å². The summed E-state index contributed by atoms with van der Waals surface area (Å²) in [6.07, 6.45) is 3.60. The molecular weight excluding hydrogens is 292 g/mol. The van der Waals surface area contributed by atoms with Crippen LogP contribution in [0.1, 0.15) is 37.3 Å². The third-order valence-corrected chi connectivity index (χ3v) is 5.06. The summed E-state index contributed by atoms with van der Waals surface area (Å²) in [5, 5.41) is 0.0155. The van der Waals surface area contributed by atoms with Crippen molar-refractivity contribution in [3.63, 3.8) is 0 Å². The molecule has 1 fully saturated rings. The summed E-state index contributed by atoms with van der Waals surface area (Å²) in [5.41, 5.74) is 3.41. The fourth-order valence-electron chi connectivity index (χ4n) is 2.59. The fourth-order valence-corrected chi connectivity index (χ4v) is 3.75. The molecule has 1 aliphatic rings. The fraction of sp³-hybridized carbons (Fsp3) is 0.333. The largest absolute Gasteiger partial charge is 0.295 e. The molecule has 0 aliphatic carbocycles. The number of rotatable bonds is 2. The highest BCUT2D eigenvalue weighted by Gasteiger charge is 2.34. The summed E-state index contributed by atoms with van der Waals surface area (Å²) < 4.78 is 0. The van der Waals surface area contributed by atoms with Gasteiger partial charge < -0.3 is 0 Å². The van der Waals surface area contributed by atoms with Gasteiger partial charge in [-0.1, -0.05) is 39.0 Å². The minimum atomic E-state index is 0.0155. The van der Waals surface area contributed by atoms with Crippen molar-refractivity contribution >= 4 is 23.4 Å². The van der Waals surface area contributed by atoms with Gasteiger partial charge in [0.25, 0.3) is 0 Å². The van der Waals surface area contributed by atoms with E-state index in [2.05, 4.69) is 37.9 Å². The maximum Gasteiger partial charge on any atom is 0.238 e. The van der Waals surface area contributed by atoms with Crippen molar-refractivity contribution in [1.29, 1.82) is 0 Å². The number of hydrogen-bond donors (Lipinski definition) is 0. The summed E-state index contributed by atoms with van der Waals surface area (Å²) in [6, 6.07) is 12.3. The van der Waals surface area contributed by atoms with Gasteiger partial charge in [0.2, 0.25) is 5.91 Å². The molecular formula is C18H20N2OS. The molecule has 1 aliphatic heterocycles. The molecule has 1 saturated heterocycles. The van der Waals surface area contributed by atoms with Gasteiger partial charge in [-0.2, -0.15) is 0 Å². The zero-order valence-corrected chi connectivity index (χ0v) is 13.9. The zero-order chi connectivity index (χ0) is 15.7. The van der Waals surface area contributed by atoms with Crippen LogP contribution >= 0.6 is 11.8 Å². The van der Waals surface area contributed by atoms with Crippen LogP contribution in [0.4, 0.5) is 5.69 Å². The summed E-state index contributed by atoms with van der Waals surface area (Å²) >= 11 is 1.65. The Kier molecular flexibility index (Phi) is 3.96. The molecule has 22 heavy (non-hydrogen) atoms. The van der Waals surface area contributed by atoms with Crippen LogP contribution in [-0.4, -0.2) is 16.6 Å². The first kappa shape index (κ1) is 15.1. The number of amides is 1. The van der Waals surface area contributed by atoms with E-state index in [0.717, 1.165) is 11.3 Å². The zero-order valence-electron chi connectivity index (χ0n) is 13.1. The van der Waals surface area contributed by atoms with E-state index in [4.69, 9.17) is 0 Å². The van der Waals surface area contributed by atoms with Crippen molar-refractivity contribution in [3.8, 4) is 0 Å². The normalized spacial score (nSPS) is 18.8. The second-order valence-corrected chi connectivity index (χ2v) is 7.58. The predicted molar refractivity (Wildman–Crippen MR) is 92.1 cm³/mol. The Bertz CT molecular complexity index is 662. The van der Waals surface area contributed by atoms with Crippen molar-refractivity contribution in [1.82, 2.24) is 4.98 Å². The van der Waals surface area contributed by atoms with Gasteiger partial charge in [-0.05, 0) is 29.2 Å². The first-order valence-corrected chi connectivity index (χ1v) is 8.46. The smallest absolute Gasteiger partial charge is 0.238 e. The first-order chi connectivity index (χ1) is 10.5. The molecule has 0 unspecified atom stereocenters. The Hall–Kier alpha value is -1.81. The third kappa shape index (κ3) is 2.88. The molecule has 3 nitrogen and oxygen atoms in total. The molecule has 0 spiro atoms. The quantitative estimate of drug-likeness (QED) is 0.835. The van der Waals surface area contributed by atoms with Gasteiger partial charge in [0.05, 0.1) is 5.75 Å². The van der Waals surface area contributed by atoms with Crippen LogP contribution in [-0.2, 0) is 10.2 Å². The van der Waals surface area contributed by atoms with E-state index in [0.29, 0.717) is 5.75 Å². The lowest BCUT2D eigenvalue weighted by molar-refractivity contribution is -0.115. The first-order valence-electron chi connectivity index (χ1n) is 7.41. The molecule has 0 saturated carbocycles. The van der Waals surface area contributed by atoms with Crippen molar-refractivity contribution in [3.05, 3.63) is 59.9 Å². The Labute approximate surface area is 135 Å². The number of anilines is 1. The highest BCUT2D eigenvalue weighted by atomic mass is 32.2. The number of nitrogens with zero attached hydrogens (tertiary/aromatic N) is 2. The minimum absolute atomic E-state index is 0.0155. The van der Waals surface area contributed by atoms with E-state index in [1.165, 1.54) is 5.56 Å². The second-order valence-electron chi connectivity index (χ2n) is 6.51. The van der Waals surface area contributed by atoms with Crippen LogP contribution in [0.15, 0.2) is 48.8 Å². The van der Waals surface area contributed by atoms with E-state index in [-0.39, 0.29) is 16.7 Å². The molecule has 2 aromatic rings. The molecule has 2 heterocycles. The number of carbonyl (C=O) groups is 1. The molecule has 1 aromatic heterocycles. The predicted octanol–water partition coefficient (Wildman–Crippen LogP) is 4.16. The number of aromatic nitrogens is 1. The van der Waals surface area contributed by atoms with Gasteiger partial charge in [-0.3, -0.25) is 14.7 Å². The molecule has 3 rings (SSSR count). The van der Waals surface area contributed by atoms with Gasteiger partial charge in [0.15, 0.2) is 0 Å². The summed E-state index contributed by atoms with van der Waals surface area (Å²) in [7, 11) is 0. The van der Waals surface area contributed by atoms with Gasteiger partial charge >= 0.3 is 0 Å². The van der Waals surface area contributed by atoms with Crippen LogP contribution in [0, 0.1) is 0 Å². The molecule has 1 atom stereocenters. The van der Waals surface area contributed by atoms with Gasteiger partial charge in [0, 0.05) is 23.6 Å². The van der Waals surface area contributed by atoms with Crippen molar-refractivity contribution < 1.29 is 4.79 Å². The number of benzene rings is 1. The summed E-state index contributed by atoms with van der Waals surface area (Å²) in [6.45, 7) is 6.58. The van der Waals surface area contributed by atoms with E-state index in [1.54, 1.807) is 18.0 Å². The lowest BCUT2D eigenvalue weighted by atomic mass is 9.87. The Balaban J connectivity index is 1.93. The average molecular weight is 312 g/mol. The van der Waals surface area contributed by atoms with Crippen LogP contribution in [0.25, 0.3) is 0 Å². The molecule has 1 aromatic carbocycles. The Morgan fingerprint density at radius 3 is 2.50 bits per heavy atom. The Morgan fingerprint density at radius 1 is 1.18 bits per heavy atom. The van der Waals surface area contributed by atoms with Crippen molar-refractivity contribution in [2.24, 2.45) is 0 Å². The highest BCUT2D eigenvalue weighted by molar-refractivity contribution is 8.00. The summed E-state index contributed by atoms with van der Waals surface area (Å²) in [5.74, 6) is 0.669. The number of thioether (sulfide) groups is 1. The molecule has 0 N–H and O–H groups in total. The third-order valence-electron chi connectivity index (χ3n) is 3.85. The minimum Gasteiger partial charge on any atom is -0.295 e. The van der Waals surface area contributed by atoms with Gasteiger partial charge in [0.1, 0.15) is 5.37 Å². The molecule has 1 amide bonds. The van der Waals surface area contributed by atoms with Gasteiger partial charge in [-0.15, -0.1) is 11.8 Å². The summed E-state index contributed by atoms with van der Waals surface area (Å²) in [4.78, 5) is 18.4. The number of pyridine rings is 1. The number of hydrogen-bond acceptors (Lipinski definition) is 3. The molecule has 4 heteroatoms. The van der Waals surface area contributed by atoms with Crippen LogP contribution in [0.3, 0.4) is 0 Å². The topological polar surface area (TPSA) is 33.2 Å². The van der Waals surface area contributed by atoms with E-state index >= 15 is 0 Å². The van der Waals surface area contributed by atoms with Crippen molar-refractivity contribution in [2.75, 3.05) is 10.7 Å². The Morgan fingerprint density at radius 2 is 1.91 bits per heavy atom. The maximum atomic E-state index is 12.3. The van der Waals surface area contributed by atoms with Crippen molar-refractivity contribution in [2.45, 2.75) is 31.6 Å². The number of carbonyl (C=O) groups excluding carboxylic acids is 1. The van der Waals surface area contributed by atoms with E-state index in [9.17, 15) is 4.79 Å². The molecule has 0 radical (unpaired) electrons. The lowest BCUT2D eigenvalue weighted by Gasteiger charge is -2.25. The standard InChI is InChI=1S/C18H20N2OS/c1-18(2,3)14-6-8-15(9-7-14)20-16(21)12-22-17(20)13-5-4-10-19-11-13/h4-11,17H,12H2,1-3H3/t17-/m0/s1. The van der Waals surface area contributed by atoms with Crippen LogP contribution in [0.2, 0.25) is 0 Å².